The predicted molar refractivity (Wildman–Crippen MR) is 87.5 cm³/mol. The van der Waals surface area contributed by atoms with Crippen molar-refractivity contribution in [3.63, 3.8) is 0 Å². The molecule has 0 aromatic heterocycles. The fourth-order valence-corrected chi connectivity index (χ4v) is 1.88. The molecule has 0 aromatic rings. The molecule has 0 saturated carbocycles. The van der Waals surface area contributed by atoms with Gasteiger partial charge in [0.25, 0.3) is 0 Å². The molecule has 0 aliphatic carbocycles. The van der Waals surface area contributed by atoms with Crippen LogP contribution in [0, 0.1) is 10.8 Å². The molecule has 0 fully saturated rings. The molecule has 130 valence electrons. The lowest BCUT2D eigenvalue weighted by Crippen LogP contribution is -2.48. The van der Waals surface area contributed by atoms with Crippen molar-refractivity contribution in [2.75, 3.05) is 19.8 Å². The largest absolute Gasteiger partial charge is 0.478 e. The fourth-order valence-electron chi connectivity index (χ4n) is 1.88. The first-order valence-corrected chi connectivity index (χ1v) is 6.63. The predicted octanol–water partition coefficient (Wildman–Crippen LogP) is 0.931. The van der Waals surface area contributed by atoms with Crippen molar-refractivity contribution >= 4 is 5.97 Å². The third-order valence-electron chi connectivity index (χ3n) is 3.74. The van der Waals surface area contributed by atoms with Gasteiger partial charge in [-0.15, -0.1) is 13.2 Å². The van der Waals surface area contributed by atoms with Crippen LogP contribution in [-0.4, -0.2) is 51.7 Å². The highest BCUT2D eigenvalue weighted by Gasteiger charge is 2.45. The maximum Gasteiger partial charge on any atom is 0.330 e. The Morgan fingerprint density at radius 1 is 1.05 bits per heavy atom. The van der Waals surface area contributed by atoms with Crippen molar-refractivity contribution in [1.29, 1.82) is 0 Å². The summed E-state index contributed by atoms with van der Waals surface area (Å²) in [5, 5.41) is 36.0. The van der Waals surface area contributed by atoms with E-state index in [2.05, 4.69) is 19.7 Å². The van der Waals surface area contributed by atoms with Gasteiger partial charge in [-0.05, 0) is 25.2 Å². The first-order valence-electron chi connectivity index (χ1n) is 6.63. The Kier molecular flexibility index (Phi) is 14.0. The zero-order valence-corrected chi connectivity index (χ0v) is 13.5. The van der Waals surface area contributed by atoms with Crippen LogP contribution in [0.1, 0.15) is 26.7 Å². The van der Waals surface area contributed by atoms with E-state index in [1.165, 1.54) is 6.92 Å². The van der Waals surface area contributed by atoms with Gasteiger partial charge < -0.3 is 25.9 Å². The van der Waals surface area contributed by atoms with Crippen LogP contribution < -0.4 is 0 Å². The minimum Gasteiger partial charge on any atom is -0.478 e. The Morgan fingerprint density at radius 3 is 1.45 bits per heavy atom. The number of hydrogen-bond acceptors (Lipinski definition) is 4. The van der Waals surface area contributed by atoms with E-state index in [1.807, 2.05) is 6.92 Å². The molecule has 0 aliphatic heterocycles. The molecular formula is C16H30O6. The molecule has 0 heterocycles. The van der Waals surface area contributed by atoms with E-state index in [4.69, 9.17) is 5.11 Å². The second-order valence-electron chi connectivity index (χ2n) is 5.39. The molecule has 0 bridgehead atoms. The SMILES string of the molecule is C=C(C)C(=O)O.C=CCC(C)(CC=C)C(CO)(CO)CO.O. The molecule has 0 spiro atoms. The van der Waals surface area contributed by atoms with Crippen LogP contribution in [0.4, 0.5) is 0 Å². The van der Waals surface area contributed by atoms with Gasteiger partial charge in [0.1, 0.15) is 0 Å². The Hall–Kier alpha value is -1.47. The van der Waals surface area contributed by atoms with Crippen molar-refractivity contribution < 1.29 is 30.7 Å². The molecule has 0 radical (unpaired) electrons. The van der Waals surface area contributed by atoms with Gasteiger partial charge in [-0.3, -0.25) is 0 Å². The number of carboxylic acid groups (broad SMARTS) is 1. The smallest absolute Gasteiger partial charge is 0.330 e. The first-order chi connectivity index (χ1) is 9.70. The summed E-state index contributed by atoms with van der Waals surface area (Å²) in [6.07, 6.45) is 4.69. The molecule has 0 aliphatic rings. The summed E-state index contributed by atoms with van der Waals surface area (Å²) in [6, 6.07) is 0. The summed E-state index contributed by atoms with van der Waals surface area (Å²) in [6.45, 7) is 13.1. The number of carbonyl (C=O) groups is 1. The average molecular weight is 318 g/mol. The van der Waals surface area contributed by atoms with Crippen molar-refractivity contribution in [3.8, 4) is 0 Å². The normalized spacial score (nSPS) is 10.6. The third kappa shape index (κ3) is 7.00. The van der Waals surface area contributed by atoms with Crippen molar-refractivity contribution in [2.45, 2.75) is 26.7 Å². The van der Waals surface area contributed by atoms with E-state index in [-0.39, 0.29) is 30.9 Å². The molecule has 0 atom stereocenters. The number of aliphatic hydroxyl groups excluding tert-OH is 3. The van der Waals surface area contributed by atoms with Crippen molar-refractivity contribution in [3.05, 3.63) is 37.5 Å². The highest BCUT2D eigenvalue weighted by Crippen LogP contribution is 2.44. The molecule has 0 amide bonds. The zero-order valence-electron chi connectivity index (χ0n) is 13.5. The van der Waals surface area contributed by atoms with Crippen molar-refractivity contribution in [1.82, 2.24) is 0 Å². The van der Waals surface area contributed by atoms with E-state index < -0.39 is 16.8 Å². The minimum absolute atomic E-state index is 0. The van der Waals surface area contributed by atoms with E-state index in [0.29, 0.717) is 12.8 Å². The summed E-state index contributed by atoms with van der Waals surface area (Å²) < 4.78 is 0. The van der Waals surface area contributed by atoms with Gasteiger partial charge >= 0.3 is 5.97 Å². The monoisotopic (exact) mass is 318 g/mol. The Bertz CT molecular complexity index is 327. The lowest BCUT2D eigenvalue weighted by atomic mass is 9.62. The lowest BCUT2D eigenvalue weighted by Gasteiger charge is -2.45. The van der Waals surface area contributed by atoms with Gasteiger partial charge in [-0.2, -0.15) is 0 Å². The molecule has 0 aromatic carbocycles. The molecule has 0 rings (SSSR count). The van der Waals surface area contributed by atoms with Crippen LogP contribution in [0.5, 0.6) is 0 Å². The summed E-state index contributed by atoms with van der Waals surface area (Å²) in [4.78, 5) is 9.60. The summed E-state index contributed by atoms with van der Waals surface area (Å²) in [5.41, 5.74) is -1.14. The van der Waals surface area contributed by atoms with Crippen LogP contribution in [0.15, 0.2) is 37.5 Å². The Balaban J connectivity index is -0.000000439. The van der Waals surface area contributed by atoms with Gasteiger partial charge in [0.05, 0.1) is 19.8 Å². The van der Waals surface area contributed by atoms with E-state index in [9.17, 15) is 20.1 Å². The number of aliphatic carboxylic acids is 1. The highest BCUT2D eigenvalue weighted by atomic mass is 16.4. The van der Waals surface area contributed by atoms with Gasteiger partial charge in [-0.25, -0.2) is 4.79 Å². The number of allylic oxidation sites excluding steroid dienone is 2. The maximum absolute atomic E-state index is 9.60. The Labute approximate surface area is 132 Å². The molecule has 6 nitrogen and oxygen atoms in total. The molecule has 0 saturated heterocycles. The van der Waals surface area contributed by atoms with Crippen LogP contribution in [0.25, 0.3) is 0 Å². The van der Waals surface area contributed by atoms with Crippen molar-refractivity contribution in [2.24, 2.45) is 10.8 Å². The van der Waals surface area contributed by atoms with E-state index >= 15 is 0 Å². The van der Waals surface area contributed by atoms with E-state index in [0.717, 1.165) is 0 Å². The fraction of sp³-hybridized carbons (Fsp3) is 0.562. The molecule has 0 unspecified atom stereocenters. The number of aliphatic hydroxyl groups is 3. The standard InChI is InChI=1S/C12H22O3.C4H6O2.H2O/c1-4-6-11(3,7-5-2)12(8-13,9-14)10-15;1-3(2)4(5)6;/h4-5,13-15H,1-2,6-10H2,3H3;1H2,2H3,(H,5,6);1H2. The maximum atomic E-state index is 9.60. The number of hydrogen-bond donors (Lipinski definition) is 4. The number of rotatable bonds is 9. The topological polar surface area (TPSA) is 129 Å². The lowest BCUT2D eigenvalue weighted by molar-refractivity contribution is -0.132. The first kappa shape index (κ1) is 25.5. The molecule has 22 heavy (non-hydrogen) atoms. The van der Waals surface area contributed by atoms with Crippen LogP contribution in [-0.2, 0) is 4.79 Å². The van der Waals surface area contributed by atoms with Crippen LogP contribution in [0.2, 0.25) is 0 Å². The highest BCUT2D eigenvalue weighted by molar-refractivity contribution is 5.84. The summed E-state index contributed by atoms with van der Waals surface area (Å²) in [7, 11) is 0. The summed E-state index contributed by atoms with van der Waals surface area (Å²) >= 11 is 0. The van der Waals surface area contributed by atoms with Crippen LogP contribution >= 0.6 is 0 Å². The number of carboxylic acids is 1. The summed E-state index contributed by atoms with van der Waals surface area (Å²) in [5.74, 6) is -0.935. The minimum atomic E-state index is -0.935. The van der Waals surface area contributed by atoms with Gasteiger partial charge in [0.15, 0.2) is 0 Å². The molecular weight excluding hydrogens is 288 g/mol. The third-order valence-corrected chi connectivity index (χ3v) is 3.74. The van der Waals surface area contributed by atoms with Gasteiger partial charge in [0, 0.05) is 11.0 Å². The van der Waals surface area contributed by atoms with E-state index in [1.54, 1.807) is 12.2 Å². The van der Waals surface area contributed by atoms with Crippen LogP contribution in [0.3, 0.4) is 0 Å². The quantitative estimate of drug-likeness (QED) is 0.371. The average Bonchev–Trinajstić information content (AvgIpc) is 2.42. The second-order valence-corrected chi connectivity index (χ2v) is 5.39. The molecule has 6 heteroatoms. The zero-order chi connectivity index (χ0) is 17.1. The second kappa shape index (κ2) is 12.1. The van der Waals surface area contributed by atoms with Gasteiger partial charge in [-0.1, -0.05) is 25.7 Å². The van der Waals surface area contributed by atoms with Gasteiger partial charge in [0.2, 0.25) is 0 Å². The molecule has 6 N–H and O–H groups in total. The Morgan fingerprint density at radius 2 is 1.32 bits per heavy atom.